The van der Waals surface area contributed by atoms with Gasteiger partial charge in [-0.2, -0.15) is 0 Å². The monoisotopic (exact) mass is 230 g/mol. The van der Waals surface area contributed by atoms with Crippen LogP contribution in [0.4, 0.5) is 0 Å². The highest BCUT2D eigenvalue weighted by Gasteiger charge is 2.39. The fourth-order valence-corrected chi connectivity index (χ4v) is 3.43. The first-order chi connectivity index (χ1) is 8.35. The molecule has 0 aliphatic heterocycles. The lowest BCUT2D eigenvalue weighted by molar-refractivity contribution is 0.112. The van der Waals surface area contributed by atoms with Crippen molar-refractivity contribution < 1.29 is 9.53 Å². The predicted molar refractivity (Wildman–Crippen MR) is 66.3 cm³/mol. The summed E-state index contributed by atoms with van der Waals surface area (Å²) in [5.41, 5.74) is 0.706. The van der Waals surface area contributed by atoms with Crippen molar-refractivity contribution in [2.45, 2.75) is 25.7 Å². The van der Waals surface area contributed by atoms with Crippen LogP contribution < -0.4 is 4.74 Å². The molecule has 3 atom stereocenters. The van der Waals surface area contributed by atoms with E-state index in [1.54, 1.807) is 0 Å². The van der Waals surface area contributed by atoms with Gasteiger partial charge in [0.05, 0.1) is 6.61 Å². The van der Waals surface area contributed by atoms with Gasteiger partial charge in [0.2, 0.25) is 0 Å². The van der Waals surface area contributed by atoms with E-state index >= 15 is 0 Å². The molecule has 0 radical (unpaired) electrons. The Morgan fingerprint density at radius 3 is 2.59 bits per heavy atom. The second-order valence-corrected chi connectivity index (χ2v) is 5.43. The van der Waals surface area contributed by atoms with Gasteiger partial charge in [-0.1, -0.05) is 6.42 Å². The highest BCUT2D eigenvalue weighted by molar-refractivity contribution is 5.74. The highest BCUT2D eigenvalue weighted by atomic mass is 16.5. The van der Waals surface area contributed by atoms with Gasteiger partial charge in [0.25, 0.3) is 0 Å². The number of carbonyl (C=O) groups excluding carboxylic acids is 1. The van der Waals surface area contributed by atoms with Crippen molar-refractivity contribution >= 4 is 6.29 Å². The van der Waals surface area contributed by atoms with E-state index in [4.69, 9.17) is 4.74 Å². The molecule has 3 rings (SSSR count). The summed E-state index contributed by atoms with van der Waals surface area (Å²) < 4.78 is 5.83. The lowest BCUT2D eigenvalue weighted by Crippen LogP contribution is -2.18. The number of carbonyl (C=O) groups is 1. The largest absolute Gasteiger partial charge is 0.493 e. The van der Waals surface area contributed by atoms with Crippen molar-refractivity contribution in [1.29, 1.82) is 0 Å². The van der Waals surface area contributed by atoms with Crippen LogP contribution >= 0.6 is 0 Å². The Bertz CT molecular complexity index is 396. The second-order valence-electron chi connectivity index (χ2n) is 5.43. The van der Waals surface area contributed by atoms with Crippen LogP contribution in [0.25, 0.3) is 0 Å². The lowest BCUT2D eigenvalue weighted by Gasteiger charge is -2.21. The summed E-state index contributed by atoms with van der Waals surface area (Å²) in [5, 5.41) is 0. The number of hydrogen-bond acceptors (Lipinski definition) is 2. The highest BCUT2D eigenvalue weighted by Crippen LogP contribution is 2.48. The molecule has 2 heteroatoms. The van der Waals surface area contributed by atoms with Gasteiger partial charge >= 0.3 is 0 Å². The molecule has 2 nitrogen and oxygen atoms in total. The van der Waals surface area contributed by atoms with Gasteiger partial charge in [-0.15, -0.1) is 0 Å². The van der Waals surface area contributed by atoms with E-state index in [1.165, 1.54) is 25.7 Å². The zero-order valence-corrected chi connectivity index (χ0v) is 9.97. The fraction of sp³-hybridized carbons (Fsp3) is 0.533. The number of rotatable bonds is 4. The summed E-state index contributed by atoms with van der Waals surface area (Å²) in [6, 6.07) is 7.39. The summed E-state index contributed by atoms with van der Waals surface area (Å²) in [5.74, 6) is 3.54. The summed E-state index contributed by atoms with van der Waals surface area (Å²) in [6.45, 7) is 0.849. The summed E-state index contributed by atoms with van der Waals surface area (Å²) in [6.07, 6.45) is 6.49. The molecule has 0 saturated heterocycles. The van der Waals surface area contributed by atoms with E-state index in [0.29, 0.717) is 5.56 Å². The molecule has 2 saturated carbocycles. The van der Waals surface area contributed by atoms with Crippen LogP contribution in [-0.2, 0) is 0 Å². The molecule has 0 amide bonds. The van der Waals surface area contributed by atoms with Gasteiger partial charge in [-0.05, 0) is 61.3 Å². The van der Waals surface area contributed by atoms with Crippen molar-refractivity contribution in [3.63, 3.8) is 0 Å². The molecule has 90 valence electrons. The van der Waals surface area contributed by atoms with Crippen molar-refractivity contribution in [3.05, 3.63) is 29.8 Å². The minimum Gasteiger partial charge on any atom is -0.493 e. The molecule has 0 N–H and O–H groups in total. The van der Waals surface area contributed by atoms with Crippen LogP contribution in [0, 0.1) is 17.8 Å². The number of benzene rings is 1. The second kappa shape index (κ2) is 4.52. The molecule has 2 bridgehead atoms. The van der Waals surface area contributed by atoms with E-state index in [2.05, 4.69) is 0 Å². The predicted octanol–water partition coefficient (Wildman–Crippen LogP) is 3.31. The Morgan fingerprint density at radius 1 is 1.18 bits per heavy atom. The Morgan fingerprint density at radius 2 is 2.00 bits per heavy atom. The molecular formula is C15H18O2. The van der Waals surface area contributed by atoms with Crippen LogP contribution in [0.1, 0.15) is 36.0 Å². The van der Waals surface area contributed by atoms with Crippen LogP contribution in [0.15, 0.2) is 24.3 Å². The van der Waals surface area contributed by atoms with Gasteiger partial charge in [0, 0.05) is 5.56 Å². The molecule has 1 aromatic rings. The molecule has 3 unspecified atom stereocenters. The minimum atomic E-state index is 0.706. The number of aldehydes is 1. The third-order valence-corrected chi connectivity index (χ3v) is 4.36. The Labute approximate surface area is 102 Å². The molecule has 0 spiro atoms. The Kier molecular flexibility index (Phi) is 2.87. The normalized spacial score (nSPS) is 30.5. The Hall–Kier alpha value is -1.31. The van der Waals surface area contributed by atoms with Crippen LogP contribution in [0.2, 0.25) is 0 Å². The molecule has 0 aromatic heterocycles. The number of fused-ring (bicyclic) bond motifs is 2. The van der Waals surface area contributed by atoms with Gasteiger partial charge in [-0.3, -0.25) is 4.79 Å². The first kappa shape index (κ1) is 10.8. The molecule has 2 fully saturated rings. The van der Waals surface area contributed by atoms with E-state index in [9.17, 15) is 4.79 Å². The van der Waals surface area contributed by atoms with Crippen LogP contribution in [0.3, 0.4) is 0 Å². The van der Waals surface area contributed by atoms with Crippen molar-refractivity contribution in [2.75, 3.05) is 6.61 Å². The van der Waals surface area contributed by atoms with Gasteiger partial charge in [0.1, 0.15) is 12.0 Å². The maximum atomic E-state index is 10.5. The SMILES string of the molecule is O=Cc1ccc(OCC2CC3CCC2C3)cc1. The topological polar surface area (TPSA) is 26.3 Å². The Balaban J connectivity index is 1.55. The molecule has 1 aromatic carbocycles. The van der Waals surface area contributed by atoms with Gasteiger partial charge < -0.3 is 4.74 Å². The molecule has 2 aliphatic carbocycles. The average molecular weight is 230 g/mol. The lowest BCUT2D eigenvalue weighted by atomic mass is 9.89. The van der Waals surface area contributed by atoms with E-state index in [-0.39, 0.29) is 0 Å². The number of ether oxygens (including phenoxy) is 1. The molecule has 2 aliphatic rings. The van der Waals surface area contributed by atoms with E-state index in [0.717, 1.165) is 36.4 Å². The summed E-state index contributed by atoms with van der Waals surface area (Å²) in [7, 11) is 0. The zero-order valence-electron chi connectivity index (χ0n) is 9.97. The molecule has 17 heavy (non-hydrogen) atoms. The van der Waals surface area contributed by atoms with Crippen LogP contribution in [0.5, 0.6) is 5.75 Å². The standard InChI is InChI=1S/C15H18O2/c16-9-11-2-5-15(6-3-11)17-10-14-8-12-1-4-13(14)7-12/h2-3,5-6,9,12-14H,1,4,7-8,10H2. The average Bonchev–Trinajstić information content (AvgIpc) is 2.99. The zero-order chi connectivity index (χ0) is 11.7. The third kappa shape index (κ3) is 2.21. The van der Waals surface area contributed by atoms with Gasteiger partial charge in [0.15, 0.2) is 0 Å². The van der Waals surface area contributed by atoms with E-state index < -0.39 is 0 Å². The van der Waals surface area contributed by atoms with Crippen LogP contribution in [-0.4, -0.2) is 12.9 Å². The summed E-state index contributed by atoms with van der Waals surface area (Å²) in [4.78, 5) is 10.5. The smallest absolute Gasteiger partial charge is 0.150 e. The molecular weight excluding hydrogens is 212 g/mol. The van der Waals surface area contributed by atoms with Gasteiger partial charge in [-0.25, -0.2) is 0 Å². The van der Waals surface area contributed by atoms with E-state index in [1.807, 2.05) is 24.3 Å². The third-order valence-electron chi connectivity index (χ3n) is 4.36. The number of hydrogen-bond donors (Lipinski definition) is 0. The minimum absolute atomic E-state index is 0.706. The van der Waals surface area contributed by atoms with Crippen molar-refractivity contribution in [3.8, 4) is 5.75 Å². The first-order valence-corrected chi connectivity index (χ1v) is 6.53. The quantitative estimate of drug-likeness (QED) is 0.742. The molecule has 0 heterocycles. The maximum absolute atomic E-state index is 10.5. The maximum Gasteiger partial charge on any atom is 0.150 e. The van der Waals surface area contributed by atoms with Crippen molar-refractivity contribution in [2.24, 2.45) is 17.8 Å². The van der Waals surface area contributed by atoms with Crippen molar-refractivity contribution in [1.82, 2.24) is 0 Å². The fourth-order valence-electron chi connectivity index (χ4n) is 3.43. The summed E-state index contributed by atoms with van der Waals surface area (Å²) >= 11 is 0. The first-order valence-electron chi connectivity index (χ1n) is 6.53.